The molecule has 0 saturated carbocycles. The number of aromatic nitrogens is 1. The Morgan fingerprint density at radius 3 is 3.00 bits per heavy atom. The Hall–Kier alpha value is -2.04. The van der Waals surface area contributed by atoms with E-state index in [1.54, 1.807) is 17.6 Å². The molecule has 0 spiro atoms. The van der Waals surface area contributed by atoms with Gasteiger partial charge in [-0.15, -0.1) is 0 Å². The zero-order chi connectivity index (χ0) is 11.7. The fourth-order valence-electron chi connectivity index (χ4n) is 1.62. The van der Waals surface area contributed by atoms with Crippen LogP contribution in [0.2, 0.25) is 0 Å². The maximum Gasteiger partial charge on any atom is 0.217 e. The van der Waals surface area contributed by atoms with E-state index in [0.717, 1.165) is 0 Å². The topological polar surface area (TPSA) is 63.7 Å². The quantitative estimate of drug-likeness (QED) is 0.815. The summed E-state index contributed by atoms with van der Waals surface area (Å²) in [5, 5.41) is 2.61. The van der Waals surface area contributed by atoms with E-state index in [2.05, 4.69) is 5.32 Å². The first-order valence-corrected chi connectivity index (χ1v) is 4.93. The second-order valence-corrected chi connectivity index (χ2v) is 3.61. The van der Waals surface area contributed by atoms with Crippen molar-refractivity contribution in [3.05, 3.63) is 39.9 Å². The maximum absolute atomic E-state index is 11.8. The average Bonchev–Trinajstić information content (AvgIpc) is 2.64. The monoisotopic (exact) mass is 220 g/mol. The van der Waals surface area contributed by atoms with Crippen molar-refractivity contribution < 1.29 is 9.32 Å². The van der Waals surface area contributed by atoms with Gasteiger partial charge in [-0.3, -0.25) is 9.59 Å². The third-order valence-corrected chi connectivity index (χ3v) is 2.47. The smallest absolute Gasteiger partial charge is 0.217 e. The van der Waals surface area contributed by atoms with Gasteiger partial charge in [0.15, 0.2) is 5.43 Å². The van der Waals surface area contributed by atoms with Gasteiger partial charge < -0.3 is 9.84 Å². The summed E-state index contributed by atoms with van der Waals surface area (Å²) in [5.74, 6) is -0.164. The first-order valence-electron chi connectivity index (χ1n) is 4.93. The van der Waals surface area contributed by atoms with Crippen molar-refractivity contribution in [2.75, 3.05) is 0 Å². The van der Waals surface area contributed by atoms with Gasteiger partial charge in [0.1, 0.15) is 6.26 Å². The molecule has 2 aromatic rings. The molecule has 0 saturated heterocycles. The molecule has 0 fully saturated rings. The number of carbonyl (C=O) groups is 1. The van der Waals surface area contributed by atoms with Gasteiger partial charge in [0.25, 0.3) is 0 Å². The van der Waals surface area contributed by atoms with E-state index < -0.39 is 0 Å². The molecule has 0 aromatic carbocycles. The highest BCUT2D eigenvalue weighted by molar-refractivity contribution is 5.72. The van der Waals surface area contributed by atoms with Gasteiger partial charge in [-0.25, -0.2) is 0 Å². The van der Waals surface area contributed by atoms with Gasteiger partial charge in [0.2, 0.25) is 5.91 Å². The predicted octanol–water partition coefficient (Wildman–Crippen LogP) is 0.837. The summed E-state index contributed by atoms with van der Waals surface area (Å²) in [4.78, 5) is 22.6. The molecule has 2 aromatic heterocycles. The second kappa shape index (κ2) is 3.84. The summed E-state index contributed by atoms with van der Waals surface area (Å²) in [6.07, 6.45) is 1.52. The lowest BCUT2D eigenvalue weighted by Gasteiger charge is -2.06. The number of nitrogens with zero attached hydrogens (tertiary/aromatic N) is 1. The molecule has 0 aliphatic rings. The molecular formula is C11H12N2O3. The Morgan fingerprint density at radius 2 is 2.31 bits per heavy atom. The molecule has 0 bridgehead atoms. The zero-order valence-electron chi connectivity index (χ0n) is 9.11. The molecule has 0 aliphatic heterocycles. The average molecular weight is 220 g/mol. The fourth-order valence-corrected chi connectivity index (χ4v) is 1.62. The van der Waals surface area contributed by atoms with E-state index in [0.29, 0.717) is 16.8 Å². The van der Waals surface area contributed by atoms with E-state index in [9.17, 15) is 9.59 Å². The Morgan fingerprint density at radius 1 is 1.56 bits per heavy atom. The summed E-state index contributed by atoms with van der Waals surface area (Å²) >= 11 is 0. The summed E-state index contributed by atoms with van der Waals surface area (Å²) in [6.45, 7) is 3.43. The summed E-state index contributed by atoms with van der Waals surface area (Å²) in [7, 11) is 0. The number of hydrogen-bond donors (Lipinski definition) is 1. The first kappa shape index (κ1) is 10.5. The van der Waals surface area contributed by atoms with Gasteiger partial charge in [-0.05, 0) is 6.92 Å². The number of rotatable bonds is 2. The minimum absolute atomic E-state index is 0.0901. The third-order valence-electron chi connectivity index (χ3n) is 2.47. The van der Waals surface area contributed by atoms with Crippen LogP contribution in [0, 0.1) is 6.92 Å². The van der Waals surface area contributed by atoms with E-state index in [4.69, 9.17) is 4.52 Å². The second-order valence-electron chi connectivity index (χ2n) is 3.61. The summed E-state index contributed by atoms with van der Waals surface area (Å²) in [5.41, 5.74) is 1.88. The molecule has 5 nitrogen and oxygen atoms in total. The zero-order valence-corrected chi connectivity index (χ0v) is 9.11. The number of nitrogens with one attached hydrogen (secondary N) is 1. The van der Waals surface area contributed by atoms with E-state index in [1.165, 1.54) is 19.3 Å². The number of amides is 1. The molecule has 0 radical (unpaired) electrons. The molecule has 0 unspecified atom stereocenters. The van der Waals surface area contributed by atoms with Crippen molar-refractivity contribution in [1.29, 1.82) is 0 Å². The lowest BCUT2D eigenvalue weighted by Crippen LogP contribution is -2.25. The number of carbonyl (C=O) groups excluding carboxylic acids is 1. The van der Waals surface area contributed by atoms with Gasteiger partial charge in [-0.2, -0.15) is 4.57 Å². The number of hydrogen-bond acceptors (Lipinski definition) is 3. The van der Waals surface area contributed by atoms with Crippen LogP contribution >= 0.6 is 0 Å². The molecule has 1 amide bonds. The van der Waals surface area contributed by atoms with Crippen molar-refractivity contribution >= 4 is 11.4 Å². The maximum atomic E-state index is 11.8. The van der Waals surface area contributed by atoms with Gasteiger partial charge >= 0.3 is 0 Å². The van der Waals surface area contributed by atoms with Crippen molar-refractivity contribution in [3.8, 4) is 0 Å². The highest BCUT2D eigenvalue weighted by atomic mass is 16.5. The Labute approximate surface area is 91.6 Å². The molecule has 84 valence electrons. The third kappa shape index (κ3) is 1.71. The van der Waals surface area contributed by atoms with Crippen LogP contribution in [0.3, 0.4) is 0 Å². The standard InChI is InChI=1S/C11H12N2O3/c1-7-10(6-12-8(2)14)11(15)5-9-3-4-16-13(7)9/h3-5H,6H2,1-2H3,(H,12,14). The summed E-state index contributed by atoms with van der Waals surface area (Å²) < 4.78 is 6.78. The Kier molecular flexibility index (Phi) is 2.52. The van der Waals surface area contributed by atoms with Crippen LogP contribution < -0.4 is 10.7 Å². The van der Waals surface area contributed by atoms with Crippen LogP contribution in [0.5, 0.6) is 0 Å². The normalized spacial score (nSPS) is 10.6. The van der Waals surface area contributed by atoms with E-state index in [1.807, 2.05) is 0 Å². The van der Waals surface area contributed by atoms with E-state index >= 15 is 0 Å². The predicted molar refractivity (Wildman–Crippen MR) is 58.2 cm³/mol. The SMILES string of the molecule is CC(=O)NCc1c(C)n2occc2cc1=O. The number of aryl methyl sites for hydroxylation is 1. The van der Waals surface area contributed by atoms with Gasteiger partial charge in [0.05, 0.1) is 11.2 Å². The van der Waals surface area contributed by atoms with Crippen molar-refractivity contribution in [2.45, 2.75) is 20.4 Å². The minimum atomic E-state index is -0.164. The van der Waals surface area contributed by atoms with Crippen LogP contribution in [-0.4, -0.2) is 10.5 Å². The molecule has 0 atom stereocenters. The lowest BCUT2D eigenvalue weighted by molar-refractivity contribution is -0.119. The highest BCUT2D eigenvalue weighted by Gasteiger charge is 2.09. The lowest BCUT2D eigenvalue weighted by atomic mass is 10.2. The largest absolute Gasteiger partial charge is 0.383 e. The Balaban J connectivity index is 2.51. The van der Waals surface area contributed by atoms with Crippen LogP contribution in [0.25, 0.3) is 5.52 Å². The number of pyridine rings is 1. The molecule has 2 heterocycles. The van der Waals surface area contributed by atoms with Gasteiger partial charge in [0, 0.05) is 31.2 Å². The van der Waals surface area contributed by atoms with Crippen LogP contribution in [-0.2, 0) is 11.3 Å². The van der Waals surface area contributed by atoms with E-state index in [-0.39, 0.29) is 17.9 Å². The van der Waals surface area contributed by atoms with Crippen molar-refractivity contribution in [1.82, 2.24) is 9.89 Å². The summed E-state index contributed by atoms with van der Waals surface area (Å²) in [6, 6.07) is 3.21. The minimum Gasteiger partial charge on any atom is -0.383 e. The van der Waals surface area contributed by atoms with Crippen LogP contribution in [0.15, 0.2) is 27.7 Å². The molecule has 16 heavy (non-hydrogen) atoms. The van der Waals surface area contributed by atoms with Crippen LogP contribution in [0.4, 0.5) is 0 Å². The molecule has 2 rings (SSSR count). The molecule has 5 heteroatoms. The van der Waals surface area contributed by atoms with Crippen molar-refractivity contribution in [2.24, 2.45) is 0 Å². The highest BCUT2D eigenvalue weighted by Crippen LogP contribution is 2.09. The molecular weight excluding hydrogens is 208 g/mol. The number of fused-ring (bicyclic) bond motifs is 1. The molecule has 1 N–H and O–H groups in total. The Bertz CT molecular complexity index is 595. The van der Waals surface area contributed by atoms with Gasteiger partial charge in [-0.1, -0.05) is 0 Å². The fraction of sp³-hybridized carbons (Fsp3) is 0.273. The van der Waals surface area contributed by atoms with Crippen molar-refractivity contribution in [3.63, 3.8) is 0 Å². The first-order chi connectivity index (χ1) is 7.59. The van der Waals surface area contributed by atoms with Crippen LogP contribution in [0.1, 0.15) is 18.2 Å². The molecule has 0 aliphatic carbocycles.